The van der Waals surface area contributed by atoms with Gasteiger partial charge in [0.05, 0.1) is 6.54 Å². The van der Waals surface area contributed by atoms with Gasteiger partial charge in [-0.05, 0) is 24.3 Å². The van der Waals surface area contributed by atoms with Crippen molar-refractivity contribution in [2.75, 3.05) is 26.2 Å². The van der Waals surface area contributed by atoms with Crippen molar-refractivity contribution < 1.29 is 8.42 Å². The number of hydrogen-bond donors (Lipinski definition) is 2. The van der Waals surface area contributed by atoms with Crippen molar-refractivity contribution in [3.63, 3.8) is 0 Å². The molecule has 0 aromatic carbocycles. The van der Waals surface area contributed by atoms with Gasteiger partial charge in [-0.2, -0.15) is 0 Å². The molecule has 1 aliphatic heterocycles. The summed E-state index contributed by atoms with van der Waals surface area (Å²) in [6.07, 6.45) is 4.76. The van der Waals surface area contributed by atoms with Crippen molar-refractivity contribution in [3.8, 4) is 0 Å². The number of sulfonamides is 1. The minimum atomic E-state index is -3.40. The van der Waals surface area contributed by atoms with Gasteiger partial charge in [0.25, 0.3) is 0 Å². The highest BCUT2D eigenvalue weighted by atomic mass is 127. The third-order valence-corrected chi connectivity index (χ3v) is 6.23. The number of aliphatic imine (C=N–C) groups is 1. The summed E-state index contributed by atoms with van der Waals surface area (Å²) < 4.78 is 26.6. The van der Waals surface area contributed by atoms with E-state index in [1.165, 1.54) is 24.2 Å². The molecule has 1 aromatic rings. The van der Waals surface area contributed by atoms with E-state index in [0.29, 0.717) is 16.7 Å². The van der Waals surface area contributed by atoms with E-state index in [2.05, 4.69) is 14.6 Å². The largest absolute Gasteiger partial charge is 0.370 e. The highest BCUT2D eigenvalue weighted by molar-refractivity contribution is 14.0. The molecule has 1 fully saturated rings. The minimum Gasteiger partial charge on any atom is -0.370 e. The van der Waals surface area contributed by atoms with Crippen molar-refractivity contribution >= 4 is 51.3 Å². The van der Waals surface area contributed by atoms with Crippen LogP contribution in [0.25, 0.3) is 0 Å². The van der Waals surface area contributed by atoms with Crippen LogP contribution in [0.2, 0.25) is 0 Å². The lowest BCUT2D eigenvalue weighted by molar-refractivity contribution is 0.428. The van der Waals surface area contributed by atoms with Crippen LogP contribution in [-0.2, 0) is 10.0 Å². The monoisotopic (exact) mass is 458 g/mol. The van der Waals surface area contributed by atoms with Gasteiger partial charge in [-0.3, -0.25) is 4.99 Å². The van der Waals surface area contributed by atoms with Crippen molar-refractivity contribution in [1.29, 1.82) is 0 Å². The van der Waals surface area contributed by atoms with Gasteiger partial charge in [0.1, 0.15) is 4.21 Å². The molecule has 126 valence electrons. The van der Waals surface area contributed by atoms with Crippen LogP contribution in [0.3, 0.4) is 0 Å². The van der Waals surface area contributed by atoms with E-state index in [4.69, 9.17) is 5.73 Å². The second-order valence-corrected chi connectivity index (χ2v) is 7.91. The molecular formula is C13H23IN4O2S2. The maximum absolute atomic E-state index is 11.9. The summed E-state index contributed by atoms with van der Waals surface area (Å²) in [5.41, 5.74) is 5.96. The Morgan fingerprint density at radius 3 is 2.59 bits per heavy atom. The standard InChI is InChI=1S/C13H22N4O2S2.HI/c14-13(17-9-3-1-2-4-10-17)15-7-8-16-21(18,19)12-6-5-11-20-12;/h5-6,11,16H,1-4,7-10H2,(H2,14,15);1H. The van der Waals surface area contributed by atoms with E-state index in [1.807, 2.05) is 0 Å². The van der Waals surface area contributed by atoms with Gasteiger partial charge >= 0.3 is 0 Å². The average molecular weight is 458 g/mol. The van der Waals surface area contributed by atoms with Crippen LogP contribution in [0.4, 0.5) is 0 Å². The number of rotatable bonds is 5. The number of nitrogens with zero attached hydrogens (tertiary/aromatic N) is 2. The molecule has 0 atom stereocenters. The zero-order valence-corrected chi connectivity index (χ0v) is 16.4. The summed E-state index contributed by atoms with van der Waals surface area (Å²) in [7, 11) is -3.40. The van der Waals surface area contributed by atoms with Crippen molar-refractivity contribution in [2.24, 2.45) is 10.7 Å². The Hall–Kier alpha value is -0.390. The van der Waals surface area contributed by atoms with Gasteiger partial charge in [-0.1, -0.05) is 18.9 Å². The van der Waals surface area contributed by atoms with E-state index < -0.39 is 10.0 Å². The number of hydrogen-bond acceptors (Lipinski definition) is 4. The molecule has 1 saturated heterocycles. The first-order valence-electron chi connectivity index (χ1n) is 7.17. The summed E-state index contributed by atoms with van der Waals surface area (Å²) in [4.78, 5) is 6.35. The SMILES string of the molecule is I.NC(=NCCNS(=O)(=O)c1cccs1)N1CCCCCC1. The Kier molecular flexibility index (Phi) is 8.65. The average Bonchev–Trinajstić information content (AvgIpc) is 2.87. The fourth-order valence-electron chi connectivity index (χ4n) is 2.24. The van der Waals surface area contributed by atoms with E-state index >= 15 is 0 Å². The molecule has 0 radical (unpaired) electrons. The Bertz CT molecular complexity index is 553. The van der Waals surface area contributed by atoms with Crippen LogP contribution in [0.15, 0.2) is 26.7 Å². The fraction of sp³-hybridized carbons (Fsp3) is 0.615. The lowest BCUT2D eigenvalue weighted by Crippen LogP contribution is -2.38. The van der Waals surface area contributed by atoms with Gasteiger partial charge in [-0.15, -0.1) is 35.3 Å². The molecular weight excluding hydrogens is 435 g/mol. The molecule has 2 rings (SSSR count). The third-order valence-electron chi connectivity index (χ3n) is 3.37. The van der Waals surface area contributed by atoms with Crippen molar-refractivity contribution in [3.05, 3.63) is 17.5 Å². The molecule has 6 nitrogen and oxygen atoms in total. The van der Waals surface area contributed by atoms with Crippen LogP contribution in [0.1, 0.15) is 25.7 Å². The minimum absolute atomic E-state index is 0. The van der Waals surface area contributed by atoms with Crippen LogP contribution in [-0.4, -0.2) is 45.5 Å². The Labute approximate surface area is 153 Å². The second-order valence-electron chi connectivity index (χ2n) is 4.97. The molecule has 0 amide bonds. The van der Waals surface area contributed by atoms with Crippen molar-refractivity contribution in [2.45, 2.75) is 29.9 Å². The number of guanidine groups is 1. The normalized spacial score (nSPS) is 16.9. The van der Waals surface area contributed by atoms with Gasteiger partial charge in [0, 0.05) is 19.6 Å². The molecule has 1 aliphatic rings. The van der Waals surface area contributed by atoms with Crippen LogP contribution >= 0.6 is 35.3 Å². The molecule has 9 heteroatoms. The number of nitrogens with one attached hydrogen (secondary N) is 1. The van der Waals surface area contributed by atoms with E-state index in [-0.39, 0.29) is 30.5 Å². The van der Waals surface area contributed by atoms with Crippen LogP contribution in [0, 0.1) is 0 Å². The Balaban J connectivity index is 0.00000242. The Morgan fingerprint density at radius 1 is 1.32 bits per heavy atom. The van der Waals surface area contributed by atoms with Gasteiger partial charge < -0.3 is 10.6 Å². The maximum Gasteiger partial charge on any atom is 0.250 e. The molecule has 0 spiro atoms. The summed E-state index contributed by atoms with van der Waals surface area (Å²) in [5, 5.41) is 1.74. The molecule has 0 aliphatic carbocycles. The molecule has 0 saturated carbocycles. The predicted octanol–water partition coefficient (Wildman–Crippen LogP) is 1.84. The number of thiophene rings is 1. The zero-order chi connectivity index (χ0) is 15.1. The maximum atomic E-state index is 11.9. The highest BCUT2D eigenvalue weighted by Crippen LogP contribution is 2.14. The van der Waals surface area contributed by atoms with Gasteiger partial charge in [0.15, 0.2) is 5.96 Å². The van der Waals surface area contributed by atoms with Crippen molar-refractivity contribution in [1.82, 2.24) is 9.62 Å². The molecule has 0 unspecified atom stereocenters. The number of likely N-dealkylation sites (tertiary alicyclic amines) is 1. The van der Waals surface area contributed by atoms with E-state index in [0.717, 1.165) is 25.9 Å². The van der Waals surface area contributed by atoms with E-state index in [1.54, 1.807) is 17.5 Å². The lowest BCUT2D eigenvalue weighted by Gasteiger charge is -2.21. The zero-order valence-electron chi connectivity index (χ0n) is 12.4. The fourth-order valence-corrected chi connectivity index (χ4v) is 4.30. The first-order chi connectivity index (χ1) is 10.1. The third kappa shape index (κ3) is 6.01. The topological polar surface area (TPSA) is 87.8 Å². The highest BCUT2D eigenvalue weighted by Gasteiger charge is 2.14. The summed E-state index contributed by atoms with van der Waals surface area (Å²) in [6, 6.07) is 3.30. The first kappa shape index (κ1) is 19.7. The van der Waals surface area contributed by atoms with Gasteiger partial charge in [0.2, 0.25) is 10.0 Å². The quantitative estimate of drug-likeness (QED) is 0.305. The molecule has 2 heterocycles. The molecule has 22 heavy (non-hydrogen) atoms. The first-order valence-corrected chi connectivity index (χ1v) is 9.54. The van der Waals surface area contributed by atoms with E-state index in [9.17, 15) is 8.42 Å². The number of nitrogens with two attached hydrogens (primary N) is 1. The molecule has 1 aromatic heterocycles. The van der Waals surface area contributed by atoms with Crippen LogP contribution < -0.4 is 10.5 Å². The predicted molar refractivity (Wildman–Crippen MR) is 101 cm³/mol. The summed E-state index contributed by atoms with van der Waals surface area (Å²) >= 11 is 1.20. The van der Waals surface area contributed by atoms with Gasteiger partial charge in [-0.25, -0.2) is 13.1 Å². The summed E-state index contributed by atoms with van der Waals surface area (Å²) in [6.45, 7) is 2.49. The van der Waals surface area contributed by atoms with Crippen LogP contribution in [0.5, 0.6) is 0 Å². The summed E-state index contributed by atoms with van der Waals surface area (Å²) in [5.74, 6) is 0.521. The number of halogens is 1. The second kappa shape index (κ2) is 9.68. The smallest absolute Gasteiger partial charge is 0.250 e. The molecule has 3 N–H and O–H groups in total. The lowest BCUT2D eigenvalue weighted by atomic mass is 10.2. The Morgan fingerprint density at radius 2 is 2.00 bits per heavy atom. The molecule has 0 bridgehead atoms.